The van der Waals surface area contributed by atoms with Crippen LogP contribution in [0, 0.1) is 29.1 Å². The minimum atomic E-state index is -4.79. The number of benzene rings is 1. The van der Waals surface area contributed by atoms with E-state index in [1.54, 1.807) is 0 Å². The van der Waals surface area contributed by atoms with E-state index < -0.39 is 43.9 Å². The van der Waals surface area contributed by atoms with Crippen molar-refractivity contribution in [3.05, 3.63) is 29.3 Å². The number of anilines is 1. The second-order valence-electron chi connectivity index (χ2n) is 7.62. The monoisotopic (exact) mass is 413 g/mol. The molecule has 1 saturated heterocycles. The lowest BCUT2D eigenvalue weighted by Gasteiger charge is -2.35. The summed E-state index contributed by atoms with van der Waals surface area (Å²) in [5.41, 5.74) is -1.92. The minimum absolute atomic E-state index is 0.0277. The lowest BCUT2D eigenvalue weighted by atomic mass is 9.78. The van der Waals surface area contributed by atoms with Crippen molar-refractivity contribution in [3.8, 4) is 6.07 Å². The van der Waals surface area contributed by atoms with E-state index in [-0.39, 0.29) is 24.1 Å². The number of hydrogen-bond acceptors (Lipinski definition) is 4. The predicted octanol–water partition coefficient (Wildman–Crippen LogP) is 2.26. The first-order valence-electron chi connectivity index (χ1n) is 8.94. The summed E-state index contributed by atoms with van der Waals surface area (Å²) in [5, 5.41) is 11.4. The van der Waals surface area contributed by atoms with Gasteiger partial charge >= 0.3 is 6.18 Å². The van der Waals surface area contributed by atoms with Gasteiger partial charge in [0, 0.05) is 19.5 Å². The Bertz CT molecular complexity index is 1000. The maximum atomic E-state index is 13.5. The number of amides is 1. The number of alkyl halides is 3. The zero-order valence-corrected chi connectivity index (χ0v) is 15.8. The smallest absolute Gasteiger partial charge is 0.358 e. The highest BCUT2D eigenvalue weighted by molar-refractivity contribution is 7.95. The van der Waals surface area contributed by atoms with Crippen LogP contribution < -0.4 is 9.62 Å². The molecule has 10 heteroatoms. The molecule has 1 amide bonds. The summed E-state index contributed by atoms with van der Waals surface area (Å²) in [6, 6.07) is 4.35. The molecule has 4 rings (SSSR count). The average Bonchev–Trinajstić information content (AvgIpc) is 3.30. The number of nitriles is 1. The summed E-state index contributed by atoms with van der Waals surface area (Å²) in [5.74, 6) is -1.32. The quantitative estimate of drug-likeness (QED) is 0.805. The number of nitrogens with zero attached hydrogens (tertiary/aromatic N) is 2. The lowest BCUT2D eigenvalue weighted by Crippen LogP contribution is -2.57. The van der Waals surface area contributed by atoms with Crippen LogP contribution in [-0.2, 0) is 21.0 Å². The first-order chi connectivity index (χ1) is 13.1. The number of rotatable bonds is 2. The summed E-state index contributed by atoms with van der Waals surface area (Å²) in [7, 11) is -2.86. The Kier molecular flexibility index (Phi) is 3.99. The summed E-state index contributed by atoms with van der Waals surface area (Å²) >= 11 is 0. The third-order valence-corrected chi connectivity index (χ3v) is 9.19. The average molecular weight is 413 g/mol. The van der Waals surface area contributed by atoms with Crippen LogP contribution in [0.5, 0.6) is 0 Å². The van der Waals surface area contributed by atoms with Gasteiger partial charge in [-0.2, -0.15) is 18.4 Å². The highest BCUT2D eigenvalue weighted by Crippen LogP contribution is 2.62. The van der Waals surface area contributed by atoms with Crippen LogP contribution >= 0.6 is 0 Å². The van der Waals surface area contributed by atoms with Crippen LogP contribution in [0.1, 0.15) is 30.4 Å². The van der Waals surface area contributed by atoms with E-state index in [0.717, 1.165) is 16.8 Å². The largest absolute Gasteiger partial charge is 0.417 e. The van der Waals surface area contributed by atoms with Gasteiger partial charge in [-0.15, -0.1) is 0 Å². The fraction of sp³-hybridized carbons (Fsp3) is 0.556. The molecule has 0 radical (unpaired) electrons. The van der Waals surface area contributed by atoms with E-state index in [1.165, 1.54) is 19.2 Å². The number of halogens is 3. The topological polar surface area (TPSA) is 90.3 Å². The predicted molar refractivity (Wildman–Crippen MR) is 93.5 cm³/mol. The van der Waals surface area contributed by atoms with Gasteiger partial charge in [0.2, 0.25) is 5.91 Å². The van der Waals surface area contributed by atoms with Gasteiger partial charge in [-0.3, -0.25) is 9.10 Å². The van der Waals surface area contributed by atoms with Crippen molar-refractivity contribution < 1.29 is 26.4 Å². The number of nitrogens with one attached hydrogen (secondary N) is 1. The first-order valence-corrected chi connectivity index (χ1v) is 10.4. The van der Waals surface area contributed by atoms with Crippen molar-refractivity contribution >= 4 is 21.6 Å². The van der Waals surface area contributed by atoms with Crippen molar-refractivity contribution in [1.82, 2.24) is 5.32 Å². The molecular formula is C18H18F3N3O3S. The standard InChI is InChI=1S/C18H18F3N3O3S/c1-23-16(25)17-12-4-2-10(6-12)15(17)9-24(28(17,26)27)13-5-3-11(8-22)14(7-13)18(19,20)21/h3,5,7,10,12,15H,2,4,6,9H2,1H3,(H,23,25)/t10-,12+,15-,17+/m0/s1. The van der Waals surface area contributed by atoms with Gasteiger partial charge in [0.1, 0.15) is 0 Å². The molecule has 1 heterocycles. The number of carbonyl (C=O) groups excluding carboxylic acids is 1. The number of carbonyl (C=O) groups is 1. The molecule has 28 heavy (non-hydrogen) atoms. The summed E-state index contributed by atoms with van der Waals surface area (Å²) in [4.78, 5) is 12.8. The van der Waals surface area contributed by atoms with Crippen molar-refractivity contribution in [2.24, 2.45) is 17.8 Å². The summed E-state index contributed by atoms with van der Waals surface area (Å²) in [6.45, 7) is -0.0277. The summed E-state index contributed by atoms with van der Waals surface area (Å²) < 4.78 is 66.4. The molecule has 1 aromatic rings. The van der Waals surface area contributed by atoms with Crippen LogP contribution in [0.2, 0.25) is 0 Å². The third kappa shape index (κ3) is 2.19. The lowest BCUT2D eigenvalue weighted by molar-refractivity contribution is -0.137. The van der Waals surface area contributed by atoms with Crippen molar-refractivity contribution in [1.29, 1.82) is 5.26 Å². The van der Waals surface area contributed by atoms with Gasteiger partial charge in [0.25, 0.3) is 10.0 Å². The van der Waals surface area contributed by atoms with Crippen LogP contribution in [-0.4, -0.2) is 32.7 Å². The molecule has 2 aliphatic carbocycles. The van der Waals surface area contributed by atoms with E-state index >= 15 is 0 Å². The molecule has 2 saturated carbocycles. The van der Waals surface area contributed by atoms with Crippen molar-refractivity contribution in [2.45, 2.75) is 30.2 Å². The Morgan fingerprint density at radius 3 is 2.68 bits per heavy atom. The second-order valence-corrected chi connectivity index (χ2v) is 9.69. The number of fused-ring (bicyclic) bond motifs is 5. The van der Waals surface area contributed by atoms with Gasteiger partial charge in [0.05, 0.1) is 22.9 Å². The van der Waals surface area contributed by atoms with Crippen molar-refractivity contribution in [2.75, 3.05) is 17.9 Å². The molecule has 1 aromatic carbocycles. The van der Waals surface area contributed by atoms with Crippen LogP contribution in [0.3, 0.4) is 0 Å². The molecule has 0 spiro atoms. The first kappa shape index (κ1) is 19.1. The normalized spacial score (nSPS) is 32.8. The Hall–Kier alpha value is -2.28. The minimum Gasteiger partial charge on any atom is -0.358 e. The number of hydrogen-bond donors (Lipinski definition) is 1. The molecule has 1 N–H and O–H groups in total. The molecule has 6 nitrogen and oxygen atoms in total. The fourth-order valence-electron chi connectivity index (χ4n) is 5.50. The Labute approximate surface area is 160 Å². The molecule has 4 atom stereocenters. The molecule has 3 aliphatic rings. The Morgan fingerprint density at radius 1 is 1.36 bits per heavy atom. The van der Waals surface area contributed by atoms with E-state index in [2.05, 4.69) is 5.32 Å². The number of sulfonamides is 1. The van der Waals surface area contributed by atoms with Gasteiger partial charge in [-0.25, -0.2) is 8.42 Å². The molecule has 0 aromatic heterocycles. The van der Waals surface area contributed by atoms with E-state index in [9.17, 15) is 26.4 Å². The zero-order valence-electron chi connectivity index (χ0n) is 15.0. The van der Waals surface area contributed by atoms with Crippen LogP contribution in [0.4, 0.5) is 18.9 Å². The zero-order chi connectivity index (χ0) is 20.5. The van der Waals surface area contributed by atoms with Crippen LogP contribution in [0.25, 0.3) is 0 Å². The molecular weight excluding hydrogens is 395 g/mol. The van der Waals surface area contributed by atoms with Gasteiger partial charge in [-0.05, 0) is 49.3 Å². The van der Waals surface area contributed by atoms with Gasteiger partial charge in [-0.1, -0.05) is 0 Å². The molecule has 0 unspecified atom stereocenters. The molecule has 3 fully saturated rings. The van der Waals surface area contributed by atoms with Gasteiger partial charge < -0.3 is 5.32 Å². The maximum absolute atomic E-state index is 13.5. The molecule has 150 valence electrons. The highest BCUT2D eigenvalue weighted by Gasteiger charge is 2.74. The van der Waals surface area contributed by atoms with Gasteiger partial charge in [0.15, 0.2) is 4.75 Å². The maximum Gasteiger partial charge on any atom is 0.417 e. The molecule has 1 aliphatic heterocycles. The Balaban J connectivity index is 1.86. The Morgan fingerprint density at radius 2 is 2.07 bits per heavy atom. The van der Waals surface area contributed by atoms with Crippen LogP contribution in [0.15, 0.2) is 18.2 Å². The fourth-order valence-corrected chi connectivity index (χ4v) is 8.23. The second kappa shape index (κ2) is 5.86. The van der Waals surface area contributed by atoms with Crippen molar-refractivity contribution in [3.63, 3.8) is 0 Å². The van der Waals surface area contributed by atoms with E-state index in [4.69, 9.17) is 5.26 Å². The molecule has 2 bridgehead atoms. The SMILES string of the molecule is CNC(=O)[C@@]12[C@@H]3CC[C@@H](C3)[C@@H]1CN(c1ccc(C#N)c(C(F)(F)F)c1)S2(=O)=O. The third-order valence-electron chi connectivity index (χ3n) is 6.58. The van der Waals surface area contributed by atoms with E-state index in [1.807, 2.05) is 0 Å². The highest BCUT2D eigenvalue weighted by atomic mass is 32.2. The summed E-state index contributed by atoms with van der Waals surface area (Å²) in [6.07, 6.45) is -2.72. The van der Waals surface area contributed by atoms with E-state index in [0.29, 0.717) is 18.9 Å².